The molecule has 1 aliphatic heterocycles. The summed E-state index contributed by atoms with van der Waals surface area (Å²) in [5, 5.41) is 15.8. The van der Waals surface area contributed by atoms with E-state index in [9.17, 15) is 9.90 Å². The van der Waals surface area contributed by atoms with Gasteiger partial charge in [-0.25, -0.2) is 0 Å². The van der Waals surface area contributed by atoms with E-state index < -0.39 is 6.10 Å². The Labute approximate surface area is 125 Å². The summed E-state index contributed by atoms with van der Waals surface area (Å²) in [6.07, 6.45) is -0.840. The molecule has 1 amide bonds. The number of hydrogen-bond donors (Lipinski definition) is 3. The molecule has 1 aliphatic rings. The SMILES string of the molecule is C[C@H]1OCCN[C@@H]1C(=O)NCC(O)c1ccccc1.Cl. The topological polar surface area (TPSA) is 70.6 Å². The van der Waals surface area contributed by atoms with Gasteiger partial charge in [0, 0.05) is 13.1 Å². The number of carbonyl (C=O) groups is 1. The van der Waals surface area contributed by atoms with Crippen LogP contribution >= 0.6 is 12.4 Å². The number of hydrogen-bond acceptors (Lipinski definition) is 4. The van der Waals surface area contributed by atoms with Gasteiger partial charge in [-0.05, 0) is 12.5 Å². The zero-order chi connectivity index (χ0) is 13.7. The van der Waals surface area contributed by atoms with Crippen molar-refractivity contribution >= 4 is 18.3 Å². The number of morpholine rings is 1. The second-order valence-electron chi connectivity index (χ2n) is 4.68. The highest BCUT2D eigenvalue weighted by molar-refractivity contribution is 5.85. The minimum atomic E-state index is -0.690. The van der Waals surface area contributed by atoms with Gasteiger partial charge in [0.25, 0.3) is 0 Å². The first kappa shape index (κ1) is 16.9. The maximum atomic E-state index is 12.0. The summed E-state index contributed by atoms with van der Waals surface area (Å²) < 4.78 is 5.42. The number of rotatable bonds is 4. The molecule has 6 heteroatoms. The van der Waals surface area contributed by atoms with Crippen LogP contribution < -0.4 is 10.6 Å². The van der Waals surface area contributed by atoms with Gasteiger partial charge in [-0.3, -0.25) is 4.79 Å². The third kappa shape index (κ3) is 4.45. The fourth-order valence-electron chi connectivity index (χ4n) is 2.13. The van der Waals surface area contributed by atoms with Crippen molar-refractivity contribution in [1.29, 1.82) is 0 Å². The van der Waals surface area contributed by atoms with E-state index in [0.717, 1.165) is 5.56 Å². The number of carbonyl (C=O) groups excluding carboxylic acids is 1. The van der Waals surface area contributed by atoms with Crippen molar-refractivity contribution in [2.45, 2.75) is 25.2 Å². The molecule has 0 aliphatic carbocycles. The number of amides is 1. The molecule has 5 nitrogen and oxygen atoms in total. The smallest absolute Gasteiger partial charge is 0.239 e. The maximum absolute atomic E-state index is 12.0. The highest BCUT2D eigenvalue weighted by Crippen LogP contribution is 2.11. The molecule has 3 N–H and O–H groups in total. The van der Waals surface area contributed by atoms with Crippen LogP contribution in [0.5, 0.6) is 0 Å². The molecule has 0 radical (unpaired) electrons. The molecule has 20 heavy (non-hydrogen) atoms. The molecule has 112 valence electrons. The monoisotopic (exact) mass is 300 g/mol. The maximum Gasteiger partial charge on any atom is 0.239 e. The molecule has 3 atom stereocenters. The van der Waals surface area contributed by atoms with Crippen LogP contribution in [0.25, 0.3) is 0 Å². The largest absolute Gasteiger partial charge is 0.387 e. The molecule has 1 aromatic rings. The first-order valence-electron chi connectivity index (χ1n) is 6.54. The summed E-state index contributed by atoms with van der Waals surface area (Å²) in [6.45, 7) is 3.36. The molecule has 0 spiro atoms. The Balaban J connectivity index is 0.00000200. The van der Waals surface area contributed by atoms with Gasteiger partial charge in [0.1, 0.15) is 6.04 Å². The van der Waals surface area contributed by atoms with E-state index >= 15 is 0 Å². The molecule has 1 unspecified atom stereocenters. The highest BCUT2D eigenvalue weighted by atomic mass is 35.5. The Kier molecular flexibility index (Phi) is 6.95. The second kappa shape index (κ2) is 8.21. The number of aliphatic hydroxyl groups excluding tert-OH is 1. The minimum absolute atomic E-state index is 0. The van der Waals surface area contributed by atoms with Gasteiger partial charge in [-0.1, -0.05) is 30.3 Å². The Hall–Kier alpha value is -1.14. The molecule has 0 aromatic heterocycles. The van der Waals surface area contributed by atoms with Gasteiger partial charge in [0.05, 0.1) is 18.8 Å². The molecule has 0 bridgehead atoms. The van der Waals surface area contributed by atoms with E-state index in [4.69, 9.17) is 4.74 Å². The molecule has 1 heterocycles. The van der Waals surface area contributed by atoms with Crippen LogP contribution in [0, 0.1) is 0 Å². The summed E-state index contributed by atoms with van der Waals surface area (Å²) in [5.74, 6) is -0.137. The van der Waals surface area contributed by atoms with E-state index in [0.29, 0.717) is 13.2 Å². The van der Waals surface area contributed by atoms with Crippen molar-refractivity contribution in [3.8, 4) is 0 Å². The van der Waals surface area contributed by atoms with Crippen LogP contribution in [-0.4, -0.2) is 42.9 Å². The van der Waals surface area contributed by atoms with Gasteiger partial charge in [0.15, 0.2) is 0 Å². The predicted octanol–water partition coefficient (Wildman–Crippen LogP) is 0.635. The Morgan fingerprint density at radius 2 is 2.20 bits per heavy atom. The van der Waals surface area contributed by atoms with E-state index in [1.54, 1.807) is 0 Å². The van der Waals surface area contributed by atoms with Crippen LogP contribution in [0.3, 0.4) is 0 Å². The highest BCUT2D eigenvalue weighted by Gasteiger charge is 2.28. The first-order valence-corrected chi connectivity index (χ1v) is 6.54. The van der Waals surface area contributed by atoms with E-state index in [-0.39, 0.29) is 37.0 Å². The molecular weight excluding hydrogens is 280 g/mol. The van der Waals surface area contributed by atoms with Gasteiger partial charge in [-0.2, -0.15) is 0 Å². The van der Waals surface area contributed by atoms with Crippen molar-refractivity contribution in [1.82, 2.24) is 10.6 Å². The van der Waals surface area contributed by atoms with Crippen molar-refractivity contribution in [2.24, 2.45) is 0 Å². The molecule has 1 saturated heterocycles. The molecule has 1 fully saturated rings. The lowest BCUT2D eigenvalue weighted by Gasteiger charge is -2.29. The van der Waals surface area contributed by atoms with Crippen molar-refractivity contribution < 1.29 is 14.6 Å². The van der Waals surface area contributed by atoms with Crippen LogP contribution in [0.4, 0.5) is 0 Å². The standard InChI is InChI=1S/C14H20N2O3.ClH/c1-10-13(15-7-8-19-10)14(18)16-9-12(17)11-5-3-2-4-6-11;/h2-6,10,12-13,15,17H,7-9H2,1H3,(H,16,18);1H/t10-,12?,13+;/m1./s1. The van der Waals surface area contributed by atoms with E-state index in [1.807, 2.05) is 37.3 Å². The number of aliphatic hydroxyl groups is 1. The van der Waals surface area contributed by atoms with Gasteiger partial charge in [-0.15, -0.1) is 12.4 Å². The number of nitrogens with one attached hydrogen (secondary N) is 2. The fourth-order valence-corrected chi connectivity index (χ4v) is 2.13. The average molecular weight is 301 g/mol. The van der Waals surface area contributed by atoms with Crippen LogP contribution in [0.1, 0.15) is 18.6 Å². The molecule has 2 rings (SSSR count). The summed E-state index contributed by atoms with van der Waals surface area (Å²) in [6, 6.07) is 8.93. The summed E-state index contributed by atoms with van der Waals surface area (Å²) in [4.78, 5) is 12.0. The van der Waals surface area contributed by atoms with Gasteiger partial charge < -0.3 is 20.5 Å². The lowest BCUT2D eigenvalue weighted by atomic mass is 10.1. The summed E-state index contributed by atoms with van der Waals surface area (Å²) in [5.41, 5.74) is 0.795. The van der Waals surface area contributed by atoms with Crippen molar-refractivity contribution in [3.63, 3.8) is 0 Å². The predicted molar refractivity (Wildman–Crippen MR) is 78.9 cm³/mol. The van der Waals surface area contributed by atoms with Crippen LogP contribution in [-0.2, 0) is 9.53 Å². The summed E-state index contributed by atoms with van der Waals surface area (Å²) in [7, 11) is 0. The normalized spacial score (nSPS) is 23.5. The zero-order valence-corrected chi connectivity index (χ0v) is 12.2. The first-order chi connectivity index (χ1) is 9.18. The summed E-state index contributed by atoms with van der Waals surface area (Å²) >= 11 is 0. The minimum Gasteiger partial charge on any atom is -0.387 e. The average Bonchev–Trinajstić information content (AvgIpc) is 2.46. The van der Waals surface area contributed by atoms with E-state index in [1.165, 1.54) is 0 Å². The fraction of sp³-hybridized carbons (Fsp3) is 0.500. The molecule has 0 saturated carbocycles. The third-order valence-corrected chi connectivity index (χ3v) is 3.25. The Morgan fingerprint density at radius 3 is 2.85 bits per heavy atom. The number of halogens is 1. The van der Waals surface area contributed by atoms with Crippen molar-refractivity contribution in [2.75, 3.05) is 19.7 Å². The second-order valence-corrected chi connectivity index (χ2v) is 4.68. The molecule has 1 aromatic carbocycles. The van der Waals surface area contributed by atoms with Gasteiger partial charge in [0.2, 0.25) is 5.91 Å². The lowest BCUT2D eigenvalue weighted by molar-refractivity contribution is -0.129. The number of benzene rings is 1. The van der Waals surface area contributed by atoms with Crippen LogP contribution in [0.2, 0.25) is 0 Å². The van der Waals surface area contributed by atoms with E-state index in [2.05, 4.69) is 10.6 Å². The third-order valence-electron chi connectivity index (χ3n) is 3.25. The number of ether oxygens (including phenoxy) is 1. The lowest BCUT2D eigenvalue weighted by Crippen LogP contribution is -2.55. The Bertz CT molecular complexity index is 416. The Morgan fingerprint density at radius 1 is 1.50 bits per heavy atom. The van der Waals surface area contributed by atoms with Gasteiger partial charge >= 0.3 is 0 Å². The molecular formula is C14H21ClN2O3. The van der Waals surface area contributed by atoms with Crippen LogP contribution in [0.15, 0.2) is 30.3 Å². The van der Waals surface area contributed by atoms with Crippen molar-refractivity contribution in [3.05, 3.63) is 35.9 Å². The quantitative estimate of drug-likeness (QED) is 0.763. The zero-order valence-electron chi connectivity index (χ0n) is 11.4.